The molecule has 0 saturated heterocycles. The van der Waals surface area contributed by atoms with Crippen molar-refractivity contribution >= 4 is 44.9 Å². The minimum absolute atomic E-state index is 0.102. The Labute approximate surface area is 269 Å². The van der Waals surface area contributed by atoms with Crippen molar-refractivity contribution in [3.8, 4) is 34.1 Å². The fourth-order valence-corrected chi connectivity index (χ4v) is 5.19. The van der Waals surface area contributed by atoms with Crippen molar-refractivity contribution in [2.24, 2.45) is 5.10 Å². The summed E-state index contributed by atoms with van der Waals surface area (Å²) < 4.78 is 63.7. The first-order chi connectivity index (χ1) is 22.0. The van der Waals surface area contributed by atoms with Gasteiger partial charge in [0.1, 0.15) is 11.4 Å². The Morgan fingerprint density at radius 3 is 2.20 bits per heavy atom. The van der Waals surface area contributed by atoms with Gasteiger partial charge in [0.25, 0.3) is 5.91 Å². The molecule has 0 unspecified atom stereocenters. The summed E-state index contributed by atoms with van der Waals surface area (Å²) >= 11 is 3.36. The molecule has 236 valence electrons. The Morgan fingerprint density at radius 2 is 1.57 bits per heavy atom. The highest BCUT2D eigenvalue weighted by atomic mass is 79.9. The fourth-order valence-electron chi connectivity index (χ4n) is 4.82. The number of ether oxygens (including phenoxy) is 4. The van der Waals surface area contributed by atoms with Crippen LogP contribution in [0, 0.1) is 0 Å². The van der Waals surface area contributed by atoms with E-state index in [0.29, 0.717) is 21.3 Å². The highest BCUT2D eigenvalue weighted by Gasteiger charge is 2.34. The van der Waals surface area contributed by atoms with Crippen molar-refractivity contribution in [2.45, 2.75) is 6.18 Å². The maximum atomic E-state index is 13.8. The first-order valence-electron chi connectivity index (χ1n) is 13.5. The lowest BCUT2D eigenvalue weighted by molar-refractivity contribution is -0.136. The van der Waals surface area contributed by atoms with E-state index in [0.717, 1.165) is 6.07 Å². The Morgan fingerprint density at radius 1 is 0.870 bits per heavy atom. The number of aromatic nitrogens is 1. The Hall–Kier alpha value is -5.30. The van der Waals surface area contributed by atoms with E-state index in [-0.39, 0.29) is 45.0 Å². The molecular formula is C33H25BrF3N3O6. The number of nitrogens with one attached hydrogen (secondary N) is 2. The number of carbonyl (C=O) groups is 2. The van der Waals surface area contributed by atoms with Crippen LogP contribution in [0.25, 0.3) is 22.0 Å². The number of carbonyl (C=O) groups excluding carboxylic acids is 2. The first kappa shape index (κ1) is 32.1. The van der Waals surface area contributed by atoms with Gasteiger partial charge in [-0.3, -0.25) is 4.79 Å². The first-order valence-corrected chi connectivity index (χ1v) is 14.3. The van der Waals surface area contributed by atoms with Gasteiger partial charge in [0.05, 0.1) is 44.2 Å². The van der Waals surface area contributed by atoms with Crippen molar-refractivity contribution in [1.29, 1.82) is 0 Å². The number of halogens is 4. The predicted octanol–water partition coefficient (Wildman–Crippen LogP) is 7.63. The van der Waals surface area contributed by atoms with Crippen LogP contribution in [-0.4, -0.2) is 44.4 Å². The summed E-state index contributed by atoms with van der Waals surface area (Å²) in [6.07, 6.45) is -3.41. The maximum absolute atomic E-state index is 13.8. The smallest absolute Gasteiger partial charge is 0.418 e. The number of benzene rings is 4. The number of H-pyrrole nitrogens is 1. The highest BCUT2D eigenvalue weighted by molar-refractivity contribution is 9.10. The van der Waals surface area contributed by atoms with Crippen LogP contribution in [0.3, 0.4) is 0 Å². The van der Waals surface area contributed by atoms with Crippen molar-refractivity contribution < 1.29 is 41.7 Å². The molecule has 0 aliphatic rings. The van der Waals surface area contributed by atoms with E-state index in [1.54, 1.807) is 42.5 Å². The number of hydrogen-bond donors (Lipinski definition) is 2. The fraction of sp³-hybridized carbons (Fsp3) is 0.121. The monoisotopic (exact) mass is 695 g/mol. The average molecular weight is 696 g/mol. The second kappa shape index (κ2) is 13.4. The average Bonchev–Trinajstić information content (AvgIpc) is 3.45. The molecule has 4 aromatic carbocycles. The normalized spacial score (nSPS) is 11.5. The molecule has 5 aromatic rings. The molecule has 1 aromatic heterocycles. The molecule has 9 nitrogen and oxygen atoms in total. The number of fused-ring (bicyclic) bond motifs is 1. The lowest BCUT2D eigenvalue weighted by Gasteiger charge is -2.14. The molecule has 0 atom stereocenters. The zero-order chi connectivity index (χ0) is 33.0. The molecule has 13 heteroatoms. The molecule has 0 radical (unpaired) electrons. The Bertz CT molecular complexity index is 1930. The van der Waals surface area contributed by atoms with Gasteiger partial charge in [-0.15, -0.1) is 0 Å². The molecule has 0 saturated carbocycles. The van der Waals surface area contributed by atoms with E-state index in [9.17, 15) is 22.8 Å². The molecule has 2 N–H and O–H groups in total. The van der Waals surface area contributed by atoms with Gasteiger partial charge >= 0.3 is 12.1 Å². The van der Waals surface area contributed by atoms with Crippen LogP contribution in [0.4, 0.5) is 13.2 Å². The zero-order valence-electron chi connectivity index (χ0n) is 24.5. The number of hydrazone groups is 1. The number of alkyl halides is 3. The standard InChI is InChI=1S/C33H25BrF3N3O6/c1-43-25-15-19(16-26(44-2)30(25)45-3)32(42)46-24-13-12-21(34)14-20(24)17-38-40-31(41)29-27(18-8-5-4-6-9-18)22-10-7-11-23(28(22)39-29)33(35,36)37/h4-17,39H,1-3H3,(H,40,41). The van der Waals surface area contributed by atoms with Gasteiger partial charge in [-0.25, -0.2) is 10.2 Å². The summed E-state index contributed by atoms with van der Waals surface area (Å²) in [5.74, 6) is -0.623. The van der Waals surface area contributed by atoms with Gasteiger partial charge in [-0.2, -0.15) is 18.3 Å². The van der Waals surface area contributed by atoms with Gasteiger partial charge in [0, 0.05) is 21.0 Å². The minimum atomic E-state index is -4.65. The molecule has 0 fully saturated rings. The number of esters is 1. The molecule has 0 aliphatic heterocycles. The Balaban J connectivity index is 1.45. The molecule has 1 heterocycles. The predicted molar refractivity (Wildman–Crippen MR) is 169 cm³/mol. The molecule has 1 amide bonds. The number of hydrogen-bond acceptors (Lipinski definition) is 7. The van der Waals surface area contributed by atoms with E-state index < -0.39 is 23.6 Å². The van der Waals surface area contributed by atoms with Gasteiger partial charge in [0.15, 0.2) is 11.5 Å². The van der Waals surface area contributed by atoms with Crippen LogP contribution >= 0.6 is 15.9 Å². The molecule has 0 bridgehead atoms. The van der Waals surface area contributed by atoms with E-state index in [4.69, 9.17) is 18.9 Å². The Kier molecular flexibility index (Phi) is 9.33. The van der Waals surface area contributed by atoms with Gasteiger partial charge in [-0.1, -0.05) is 58.4 Å². The summed E-state index contributed by atoms with van der Waals surface area (Å²) in [4.78, 5) is 29.2. The van der Waals surface area contributed by atoms with Crippen LogP contribution in [0.15, 0.2) is 88.4 Å². The molecular weight excluding hydrogens is 671 g/mol. The van der Waals surface area contributed by atoms with Crippen LogP contribution in [0.1, 0.15) is 32.0 Å². The van der Waals surface area contributed by atoms with Crippen molar-refractivity contribution in [2.75, 3.05) is 21.3 Å². The number of para-hydroxylation sites is 1. The summed E-state index contributed by atoms with van der Waals surface area (Å²) in [7, 11) is 4.26. The van der Waals surface area contributed by atoms with E-state index >= 15 is 0 Å². The topological polar surface area (TPSA) is 111 Å². The molecule has 0 aliphatic carbocycles. The van der Waals surface area contributed by atoms with Gasteiger partial charge in [-0.05, 0) is 42.0 Å². The van der Waals surface area contributed by atoms with E-state index in [2.05, 4.69) is 31.4 Å². The third-order valence-corrected chi connectivity index (χ3v) is 7.37. The van der Waals surface area contributed by atoms with Gasteiger partial charge < -0.3 is 23.9 Å². The molecule has 0 spiro atoms. The third-order valence-electron chi connectivity index (χ3n) is 6.87. The number of nitrogens with zero attached hydrogens (tertiary/aromatic N) is 1. The van der Waals surface area contributed by atoms with Crippen LogP contribution in [0.5, 0.6) is 23.0 Å². The largest absolute Gasteiger partial charge is 0.493 e. The van der Waals surface area contributed by atoms with E-state index in [1.807, 2.05) is 0 Å². The number of rotatable bonds is 9. The second-order valence-electron chi connectivity index (χ2n) is 9.65. The van der Waals surface area contributed by atoms with E-state index in [1.165, 1.54) is 57.9 Å². The van der Waals surface area contributed by atoms with Crippen LogP contribution in [0.2, 0.25) is 0 Å². The molecule has 5 rings (SSSR count). The molecule has 46 heavy (non-hydrogen) atoms. The summed E-state index contributed by atoms with van der Waals surface area (Å²) in [5.41, 5.74) is 2.36. The minimum Gasteiger partial charge on any atom is -0.493 e. The SMILES string of the molecule is COc1cc(C(=O)Oc2ccc(Br)cc2C=NNC(=O)c2[nH]c3c(C(F)(F)F)cccc3c2-c2ccccc2)cc(OC)c1OC. The van der Waals surface area contributed by atoms with Gasteiger partial charge in [0.2, 0.25) is 5.75 Å². The van der Waals surface area contributed by atoms with Crippen LogP contribution in [-0.2, 0) is 6.18 Å². The summed E-state index contributed by atoms with van der Waals surface area (Å²) in [6, 6.07) is 20.0. The lowest BCUT2D eigenvalue weighted by atomic mass is 10.0. The number of amides is 1. The number of methoxy groups -OCH3 is 3. The maximum Gasteiger partial charge on any atom is 0.418 e. The van der Waals surface area contributed by atoms with Crippen molar-refractivity contribution in [1.82, 2.24) is 10.4 Å². The van der Waals surface area contributed by atoms with Crippen molar-refractivity contribution in [3.05, 3.63) is 106 Å². The summed E-state index contributed by atoms with van der Waals surface area (Å²) in [5, 5.41) is 4.24. The lowest BCUT2D eigenvalue weighted by Crippen LogP contribution is -2.19. The quantitative estimate of drug-likeness (QED) is 0.0710. The zero-order valence-corrected chi connectivity index (χ0v) is 26.1. The van der Waals surface area contributed by atoms with Crippen molar-refractivity contribution in [3.63, 3.8) is 0 Å². The third kappa shape index (κ3) is 6.54. The second-order valence-corrected chi connectivity index (χ2v) is 10.6. The highest BCUT2D eigenvalue weighted by Crippen LogP contribution is 2.40. The van der Waals surface area contributed by atoms with Crippen LogP contribution < -0.4 is 24.4 Å². The summed E-state index contributed by atoms with van der Waals surface area (Å²) in [6.45, 7) is 0. The number of aromatic amines is 1.